The molecule has 0 aliphatic rings. The molecule has 1 N–H and O–H groups in total. The average Bonchev–Trinajstić information content (AvgIpc) is 2.75. The van der Waals surface area contributed by atoms with Gasteiger partial charge in [0.25, 0.3) is 5.91 Å². The summed E-state index contributed by atoms with van der Waals surface area (Å²) in [7, 11) is 0. The van der Waals surface area contributed by atoms with E-state index < -0.39 is 5.97 Å². The standard InChI is InChI=1S/C22H17BrN2O4/c23-19-8-4-5-9-20(19)28-15-21(26)25-24-14-16-10-12-18(13-11-16)29-22(27)17-6-2-1-3-7-17/h1-14H,15H2,(H,25,26)/b24-14+. The fourth-order valence-corrected chi connectivity index (χ4v) is 2.68. The highest BCUT2D eigenvalue weighted by Gasteiger charge is 2.07. The number of para-hydroxylation sites is 1. The van der Waals surface area contributed by atoms with Crippen LogP contribution in [0.3, 0.4) is 0 Å². The first-order valence-corrected chi connectivity index (χ1v) is 9.47. The van der Waals surface area contributed by atoms with Gasteiger partial charge < -0.3 is 9.47 Å². The van der Waals surface area contributed by atoms with Crippen LogP contribution in [-0.4, -0.2) is 24.7 Å². The minimum absolute atomic E-state index is 0.158. The Morgan fingerprint density at radius 3 is 2.34 bits per heavy atom. The molecule has 0 saturated carbocycles. The lowest BCUT2D eigenvalue weighted by Gasteiger charge is -2.06. The number of amides is 1. The molecule has 3 aromatic rings. The molecule has 3 aromatic carbocycles. The van der Waals surface area contributed by atoms with Crippen molar-refractivity contribution in [2.75, 3.05) is 6.61 Å². The molecular weight excluding hydrogens is 436 g/mol. The Morgan fingerprint density at radius 2 is 1.62 bits per heavy atom. The first-order valence-electron chi connectivity index (χ1n) is 8.68. The molecule has 0 heterocycles. The number of nitrogens with zero attached hydrogens (tertiary/aromatic N) is 1. The number of rotatable bonds is 7. The van der Waals surface area contributed by atoms with Gasteiger partial charge in [0.15, 0.2) is 6.61 Å². The number of hydrazone groups is 1. The normalized spacial score (nSPS) is 10.5. The topological polar surface area (TPSA) is 77.0 Å². The summed E-state index contributed by atoms with van der Waals surface area (Å²) in [5, 5.41) is 3.89. The number of nitrogens with one attached hydrogen (secondary N) is 1. The van der Waals surface area contributed by atoms with E-state index in [1.54, 1.807) is 54.6 Å². The first kappa shape index (κ1) is 20.3. The Morgan fingerprint density at radius 1 is 0.931 bits per heavy atom. The summed E-state index contributed by atoms with van der Waals surface area (Å²) in [5.74, 6) is 0.184. The van der Waals surface area contributed by atoms with E-state index >= 15 is 0 Å². The zero-order valence-corrected chi connectivity index (χ0v) is 16.8. The van der Waals surface area contributed by atoms with Crippen LogP contribution in [-0.2, 0) is 4.79 Å². The number of carbonyl (C=O) groups excluding carboxylic acids is 2. The van der Waals surface area contributed by atoms with Crippen LogP contribution in [0.1, 0.15) is 15.9 Å². The van der Waals surface area contributed by atoms with E-state index in [0.717, 1.165) is 10.0 Å². The Labute approximate surface area is 176 Å². The number of hydrogen-bond acceptors (Lipinski definition) is 5. The molecule has 0 saturated heterocycles. The highest BCUT2D eigenvalue weighted by Crippen LogP contribution is 2.23. The molecule has 0 aliphatic carbocycles. The van der Waals surface area contributed by atoms with E-state index in [0.29, 0.717) is 17.1 Å². The molecule has 0 spiro atoms. The largest absolute Gasteiger partial charge is 0.483 e. The molecule has 0 bridgehead atoms. The van der Waals surface area contributed by atoms with Gasteiger partial charge in [-0.15, -0.1) is 0 Å². The van der Waals surface area contributed by atoms with Gasteiger partial charge in [-0.1, -0.05) is 30.3 Å². The maximum absolute atomic E-state index is 12.0. The third-order valence-corrected chi connectivity index (χ3v) is 4.35. The van der Waals surface area contributed by atoms with Gasteiger partial charge in [-0.05, 0) is 70.0 Å². The van der Waals surface area contributed by atoms with E-state index in [2.05, 4.69) is 26.5 Å². The molecule has 0 unspecified atom stereocenters. The van der Waals surface area contributed by atoms with Crippen LogP contribution in [0.5, 0.6) is 11.5 Å². The monoisotopic (exact) mass is 452 g/mol. The summed E-state index contributed by atoms with van der Waals surface area (Å²) in [4.78, 5) is 23.8. The van der Waals surface area contributed by atoms with Crippen molar-refractivity contribution < 1.29 is 19.1 Å². The Hall–Kier alpha value is -3.45. The second-order valence-corrected chi connectivity index (χ2v) is 6.69. The smallest absolute Gasteiger partial charge is 0.343 e. The molecule has 3 rings (SSSR count). The van der Waals surface area contributed by atoms with Crippen LogP contribution >= 0.6 is 15.9 Å². The van der Waals surface area contributed by atoms with Crippen molar-refractivity contribution in [3.8, 4) is 11.5 Å². The van der Waals surface area contributed by atoms with E-state index in [4.69, 9.17) is 9.47 Å². The first-order chi connectivity index (χ1) is 14.1. The molecule has 1 amide bonds. The second-order valence-electron chi connectivity index (χ2n) is 5.84. The molecule has 29 heavy (non-hydrogen) atoms. The number of halogens is 1. The summed E-state index contributed by atoms with van der Waals surface area (Å²) in [6.45, 7) is -0.158. The maximum Gasteiger partial charge on any atom is 0.343 e. The van der Waals surface area contributed by atoms with E-state index in [-0.39, 0.29) is 12.5 Å². The Balaban J connectivity index is 1.46. The van der Waals surface area contributed by atoms with Crippen LogP contribution in [0.2, 0.25) is 0 Å². The summed E-state index contributed by atoms with van der Waals surface area (Å²) in [5.41, 5.74) is 3.60. The quantitative estimate of drug-likeness (QED) is 0.252. The third-order valence-electron chi connectivity index (χ3n) is 3.70. The second kappa shape index (κ2) is 10.2. The van der Waals surface area contributed by atoms with Crippen molar-refractivity contribution in [3.63, 3.8) is 0 Å². The van der Waals surface area contributed by atoms with Crippen LogP contribution in [0.25, 0.3) is 0 Å². The van der Waals surface area contributed by atoms with Crippen molar-refractivity contribution in [2.45, 2.75) is 0 Å². The summed E-state index contributed by atoms with van der Waals surface area (Å²) in [6, 6.07) is 22.8. The van der Waals surface area contributed by atoms with Crippen LogP contribution in [0.15, 0.2) is 88.4 Å². The predicted octanol–water partition coefficient (Wildman–Crippen LogP) is 4.20. The lowest BCUT2D eigenvalue weighted by atomic mass is 10.2. The van der Waals surface area contributed by atoms with Gasteiger partial charge in [0.05, 0.1) is 16.3 Å². The minimum Gasteiger partial charge on any atom is -0.483 e. The van der Waals surface area contributed by atoms with Crippen molar-refractivity contribution in [2.24, 2.45) is 5.10 Å². The summed E-state index contributed by atoms with van der Waals surface area (Å²) < 4.78 is 11.5. The molecular formula is C22H17BrN2O4. The highest BCUT2D eigenvalue weighted by molar-refractivity contribution is 9.10. The van der Waals surface area contributed by atoms with Gasteiger partial charge in [-0.2, -0.15) is 5.10 Å². The number of ether oxygens (including phenoxy) is 2. The zero-order chi connectivity index (χ0) is 20.5. The van der Waals surface area contributed by atoms with Gasteiger partial charge in [0.2, 0.25) is 0 Å². The molecule has 146 valence electrons. The molecule has 0 radical (unpaired) electrons. The predicted molar refractivity (Wildman–Crippen MR) is 113 cm³/mol. The number of benzene rings is 3. The molecule has 0 fully saturated rings. The molecule has 0 aromatic heterocycles. The minimum atomic E-state index is -0.427. The van der Waals surface area contributed by atoms with Gasteiger partial charge in [-0.25, -0.2) is 10.2 Å². The van der Waals surface area contributed by atoms with Crippen LogP contribution in [0, 0.1) is 0 Å². The fourth-order valence-electron chi connectivity index (χ4n) is 2.28. The van der Waals surface area contributed by atoms with Gasteiger partial charge in [0, 0.05) is 0 Å². The molecule has 0 atom stereocenters. The molecule has 0 aliphatic heterocycles. The van der Waals surface area contributed by atoms with Crippen molar-refractivity contribution in [1.29, 1.82) is 0 Å². The summed E-state index contributed by atoms with van der Waals surface area (Å²) >= 11 is 3.35. The maximum atomic E-state index is 12.0. The lowest BCUT2D eigenvalue weighted by Crippen LogP contribution is -2.24. The third kappa shape index (κ3) is 6.29. The number of hydrogen-bond donors (Lipinski definition) is 1. The van der Waals surface area contributed by atoms with E-state index in [1.165, 1.54) is 6.21 Å². The van der Waals surface area contributed by atoms with Gasteiger partial charge in [-0.3, -0.25) is 4.79 Å². The van der Waals surface area contributed by atoms with Crippen molar-refractivity contribution in [1.82, 2.24) is 5.43 Å². The van der Waals surface area contributed by atoms with Crippen LogP contribution in [0.4, 0.5) is 0 Å². The SMILES string of the molecule is O=C(COc1ccccc1Br)N/N=C/c1ccc(OC(=O)c2ccccc2)cc1. The average molecular weight is 453 g/mol. The van der Waals surface area contributed by atoms with Crippen LogP contribution < -0.4 is 14.9 Å². The van der Waals surface area contributed by atoms with Crippen molar-refractivity contribution in [3.05, 3.63) is 94.5 Å². The molecule has 6 nitrogen and oxygen atoms in total. The van der Waals surface area contributed by atoms with Gasteiger partial charge >= 0.3 is 5.97 Å². The number of carbonyl (C=O) groups is 2. The van der Waals surface area contributed by atoms with Crippen molar-refractivity contribution >= 4 is 34.0 Å². The summed E-state index contributed by atoms with van der Waals surface area (Å²) in [6.07, 6.45) is 1.49. The Kier molecular flexibility index (Phi) is 7.13. The van der Waals surface area contributed by atoms with E-state index in [9.17, 15) is 9.59 Å². The Bertz CT molecular complexity index is 1000. The highest BCUT2D eigenvalue weighted by atomic mass is 79.9. The molecule has 7 heteroatoms. The zero-order valence-electron chi connectivity index (χ0n) is 15.2. The number of esters is 1. The lowest BCUT2D eigenvalue weighted by molar-refractivity contribution is -0.123. The fraction of sp³-hybridized carbons (Fsp3) is 0.0455. The van der Waals surface area contributed by atoms with E-state index in [1.807, 2.05) is 24.3 Å². The van der Waals surface area contributed by atoms with Gasteiger partial charge in [0.1, 0.15) is 11.5 Å².